The molecule has 1 aromatic carbocycles. The van der Waals surface area contributed by atoms with Crippen molar-refractivity contribution in [3.63, 3.8) is 0 Å². The van der Waals surface area contributed by atoms with Crippen LogP contribution < -0.4 is 15.4 Å². The van der Waals surface area contributed by atoms with Crippen LogP contribution in [-0.2, 0) is 6.61 Å². The van der Waals surface area contributed by atoms with Crippen LogP contribution >= 0.6 is 0 Å². The van der Waals surface area contributed by atoms with E-state index in [2.05, 4.69) is 32.0 Å². The van der Waals surface area contributed by atoms with E-state index in [1.54, 1.807) is 0 Å². The summed E-state index contributed by atoms with van der Waals surface area (Å²) in [5, 5.41) is 7.53. The molecule has 21 heavy (non-hydrogen) atoms. The molecule has 0 spiro atoms. The van der Waals surface area contributed by atoms with Gasteiger partial charge in [0.1, 0.15) is 23.7 Å². The number of benzene rings is 1. The smallest absolute Gasteiger partial charge is 0.145 e. The lowest BCUT2D eigenvalue weighted by Gasteiger charge is -2.32. The van der Waals surface area contributed by atoms with Crippen molar-refractivity contribution < 1.29 is 9.37 Å². The standard InChI is InChI=1S/C15H20N4O2/c1-11-15(18-21-17-11)10-20-14-4-2-13(3-5-14)19-8-6-12(16)7-9-19/h2-5,12H,6-10,16H2,1H3. The average Bonchev–Trinajstić information content (AvgIpc) is 2.92. The Morgan fingerprint density at radius 2 is 1.95 bits per heavy atom. The third-order valence-corrected chi connectivity index (χ3v) is 3.86. The first-order chi connectivity index (χ1) is 10.2. The van der Waals surface area contributed by atoms with Gasteiger partial charge in [-0.05, 0) is 44.0 Å². The Balaban J connectivity index is 1.58. The zero-order chi connectivity index (χ0) is 14.7. The molecule has 112 valence electrons. The summed E-state index contributed by atoms with van der Waals surface area (Å²) in [5.41, 5.74) is 8.63. The van der Waals surface area contributed by atoms with Crippen molar-refractivity contribution in [2.24, 2.45) is 5.73 Å². The van der Waals surface area contributed by atoms with E-state index in [1.165, 1.54) is 5.69 Å². The first kappa shape index (κ1) is 13.9. The zero-order valence-corrected chi connectivity index (χ0v) is 12.2. The fourth-order valence-corrected chi connectivity index (χ4v) is 2.44. The minimum atomic E-state index is 0.350. The lowest BCUT2D eigenvalue weighted by Crippen LogP contribution is -2.39. The summed E-state index contributed by atoms with van der Waals surface area (Å²) < 4.78 is 10.3. The van der Waals surface area contributed by atoms with E-state index in [-0.39, 0.29) is 0 Å². The first-order valence-electron chi connectivity index (χ1n) is 7.24. The molecule has 2 heterocycles. The van der Waals surface area contributed by atoms with Crippen molar-refractivity contribution in [3.05, 3.63) is 35.7 Å². The molecule has 2 N–H and O–H groups in total. The Morgan fingerprint density at radius 1 is 1.24 bits per heavy atom. The maximum absolute atomic E-state index is 5.93. The predicted molar refractivity (Wildman–Crippen MR) is 79.2 cm³/mol. The molecule has 0 aliphatic carbocycles. The summed E-state index contributed by atoms with van der Waals surface area (Å²) in [6.07, 6.45) is 2.10. The molecule has 6 heteroatoms. The summed E-state index contributed by atoms with van der Waals surface area (Å²) in [5.74, 6) is 0.815. The molecule has 0 atom stereocenters. The summed E-state index contributed by atoms with van der Waals surface area (Å²) in [6, 6.07) is 8.47. The normalized spacial score (nSPS) is 16.2. The van der Waals surface area contributed by atoms with Crippen LogP contribution in [0.3, 0.4) is 0 Å². The summed E-state index contributed by atoms with van der Waals surface area (Å²) in [4.78, 5) is 2.36. The van der Waals surface area contributed by atoms with Crippen LogP contribution in [-0.4, -0.2) is 29.4 Å². The van der Waals surface area contributed by atoms with Crippen LogP contribution in [0.1, 0.15) is 24.2 Å². The third-order valence-electron chi connectivity index (χ3n) is 3.86. The van der Waals surface area contributed by atoms with Crippen molar-refractivity contribution >= 4 is 5.69 Å². The average molecular weight is 288 g/mol. The highest BCUT2D eigenvalue weighted by molar-refractivity contribution is 5.49. The number of nitrogens with two attached hydrogens (primary N) is 1. The van der Waals surface area contributed by atoms with E-state index >= 15 is 0 Å². The number of nitrogens with zero attached hydrogens (tertiary/aromatic N) is 3. The van der Waals surface area contributed by atoms with Gasteiger partial charge in [0.15, 0.2) is 0 Å². The van der Waals surface area contributed by atoms with E-state index in [1.807, 2.05) is 19.1 Å². The van der Waals surface area contributed by atoms with Gasteiger partial charge in [0.2, 0.25) is 0 Å². The minimum Gasteiger partial charge on any atom is -0.487 e. The van der Waals surface area contributed by atoms with Gasteiger partial charge in [-0.25, -0.2) is 4.63 Å². The molecular weight excluding hydrogens is 268 g/mol. The predicted octanol–water partition coefficient (Wildman–Crippen LogP) is 1.88. The molecule has 1 aliphatic rings. The zero-order valence-electron chi connectivity index (χ0n) is 12.2. The fourth-order valence-electron chi connectivity index (χ4n) is 2.44. The van der Waals surface area contributed by atoms with Crippen LogP contribution in [0.15, 0.2) is 28.9 Å². The summed E-state index contributed by atoms with van der Waals surface area (Å²) >= 11 is 0. The number of aryl methyl sites for hydroxylation is 1. The fraction of sp³-hybridized carbons (Fsp3) is 0.467. The maximum Gasteiger partial charge on any atom is 0.145 e. The Hall–Kier alpha value is -2.08. The van der Waals surface area contributed by atoms with Gasteiger partial charge in [-0.3, -0.25) is 0 Å². The Kier molecular flexibility index (Phi) is 4.06. The molecule has 0 bridgehead atoms. The van der Waals surface area contributed by atoms with Crippen molar-refractivity contribution in [2.75, 3.05) is 18.0 Å². The van der Waals surface area contributed by atoms with Gasteiger partial charge in [0.05, 0.1) is 0 Å². The number of hydrogen-bond acceptors (Lipinski definition) is 6. The van der Waals surface area contributed by atoms with E-state index < -0.39 is 0 Å². The van der Waals surface area contributed by atoms with Crippen LogP contribution in [0.4, 0.5) is 5.69 Å². The van der Waals surface area contributed by atoms with Crippen molar-refractivity contribution in [1.82, 2.24) is 10.3 Å². The molecular formula is C15H20N4O2. The number of anilines is 1. The Bertz CT molecular complexity index is 574. The van der Waals surface area contributed by atoms with Gasteiger partial charge in [0.25, 0.3) is 0 Å². The monoisotopic (exact) mass is 288 g/mol. The molecule has 2 aromatic rings. The third kappa shape index (κ3) is 3.33. The minimum absolute atomic E-state index is 0.350. The van der Waals surface area contributed by atoms with Crippen LogP contribution in [0.25, 0.3) is 0 Å². The van der Waals surface area contributed by atoms with Gasteiger partial charge >= 0.3 is 0 Å². The van der Waals surface area contributed by atoms with Crippen LogP contribution in [0, 0.1) is 6.92 Å². The number of piperidine rings is 1. The highest BCUT2D eigenvalue weighted by Gasteiger charge is 2.16. The Labute approximate surface area is 123 Å². The summed E-state index contributed by atoms with van der Waals surface area (Å²) in [6.45, 7) is 4.25. The number of rotatable bonds is 4. The highest BCUT2D eigenvalue weighted by atomic mass is 16.6. The number of ether oxygens (including phenoxy) is 1. The second-order valence-corrected chi connectivity index (χ2v) is 5.40. The van der Waals surface area contributed by atoms with Crippen molar-refractivity contribution in [1.29, 1.82) is 0 Å². The summed E-state index contributed by atoms with van der Waals surface area (Å²) in [7, 11) is 0. The van der Waals surface area contributed by atoms with E-state index in [9.17, 15) is 0 Å². The van der Waals surface area contributed by atoms with Crippen molar-refractivity contribution in [2.45, 2.75) is 32.4 Å². The maximum atomic E-state index is 5.93. The molecule has 1 fully saturated rings. The van der Waals surface area contributed by atoms with Gasteiger partial charge in [0, 0.05) is 24.8 Å². The first-order valence-corrected chi connectivity index (χ1v) is 7.24. The molecule has 0 radical (unpaired) electrons. The highest BCUT2D eigenvalue weighted by Crippen LogP contribution is 2.23. The number of aromatic nitrogens is 2. The topological polar surface area (TPSA) is 77.4 Å². The second-order valence-electron chi connectivity index (χ2n) is 5.40. The van der Waals surface area contributed by atoms with Gasteiger partial charge < -0.3 is 15.4 Å². The molecule has 1 aliphatic heterocycles. The largest absolute Gasteiger partial charge is 0.487 e. The second kappa shape index (κ2) is 6.13. The SMILES string of the molecule is Cc1nonc1COc1ccc(N2CCC(N)CC2)cc1. The Morgan fingerprint density at radius 3 is 2.57 bits per heavy atom. The molecule has 0 amide bonds. The van der Waals surface area contributed by atoms with E-state index in [0.717, 1.165) is 43.1 Å². The van der Waals surface area contributed by atoms with Gasteiger partial charge in [-0.2, -0.15) is 0 Å². The van der Waals surface area contributed by atoms with E-state index in [0.29, 0.717) is 12.6 Å². The quantitative estimate of drug-likeness (QED) is 0.925. The molecule has 6 nitrogen and oxygen atoms in total. The van der Waals surface area contributed by atoms with Crippen molar-refractivity contribution in [3.8, 4) is 5.75 Å². The molecule has 1 saturated heterocycles. The van der Waals surface area contributed by atoms with Crippen LogP contribution in [0.5, 0.6) is 5.75 Å². The van der Waals surface area contributed by atoms with Crippen LogP contribution in [0.2, 0.25) is 0 Å². The van der Waals surface area contributed by atoms with Gasteiger partial charge in [-0.15, -0.1) is 0 Å². The lowest BCUT2D eigenvalue weighted by atomic mass is 10.1. The molecule has 0 saturated carbocycles. The molecule has 1 aromatic heterocycles. The molecule has 3 rings (SSSR count). The van der Waals surface area contributed by atoms with Gasteiger partial charge in [-0.1, -0.05) is 10.3 Å². The lowest BCUT2D eigenvalue weighted by molar-refractivity contribution is 0.270. The van der Waals surface area contributed by atoms with E-state index in [4.69, 9.17) is 10.5 Å². The number of hydrogen-bond donors (Lipinski definition) is 1. The molecule has 0 unspecified atom stereocenters.